The fraction of sp³-hybridized carbons (Fsp3) is 0.857. The third-order valence-corrected chi connectivity index (χ3v) is 2.31. The maximum absolute atomic E-state index is 11.0. The van der Waals surface area contributed by atoms with Gasteiger partial charge in [-0.15, -0.1) is 0 Å². The van der Waals surface area contributed by atoms with E-state index in [1.807, 2.05) is 6.92 Å². The topological polar surface area (TPSA) is 52.3 Å². The summed E-state index contributed by atoms with van der Waals surface area (Å²) in [6.45, 7) is 1.91. The summed E-state index contributed by atoms with van der Waals surface area (Å²) in [6.07, 6.45) is 4.07. The number of carbonyl (C=O) groups excluding carboxylic acids is 1. The Kier molecular flexibility index (Phi) is 1.94. The molecule has 0 heterocycles. The average Bonchev–Trinajstić information content (AvgIpc) is 2.36. The first kappa shape index (κ1) is 7.54. The highest BCUT2D eigenvalue weighted by Crippen LogP contribution is 2.37. The summed E-state index contributed by atoms with van der Waals surface area (Å²) in [5, 5.41) is 0. The molecule has 1 aliphatic carbocycles. The maximum Gasteiger partial charge on any atom is 0.330 e. The zero-order chi connectivity index (χ0) is 7.61. The summed E-state index contributed by atoms with van der Waals surface area (Å²) in [4.78, 5) is 15.2. The van der Waals surface area contributed by atoms with Crippen molar-refractivity contribution in [2.75, 3.05) is 0 Å². The molecule has 0 unspecified atom stereocenters. The molecule has 0 amide bonds. The van der Waals surface area contributed by atoms with Gasteiger partial charge in [0, 0.05) is 0 Å². The van der Waals surface area contributed by atoms with Gasteiger partial charge in [0.25, 0.3) is 0 Å². The van der Waals surface area contributed by atoms with Crippen molar-refractivity contribution >= 4 is 5.97 Å². The monoisotopic (exact) mass is 143 g/mol. The highest BCUT2D eigenvalue weighted by atomic mass is 16.7. The van der Waals surface area contributed by atoms with E-state index in [9.17, 15) is 4.79 Å². The third-order valence-electron chi connectivity index (χ3n) is 2.31. The van der Waals surface area contributed by atoms with Crippen LogP contribution in [0.3, 0.4) is 0 Å². The van der Waals surface area contributed by atoms with Crippen molar-refractivity contribution in [3.63, 3.8) is 0 Å². The van der Waals surface area contributed by atoms with E-state index in [2.05, 4.69) is 4.84 Å². The van der Waals surface area contributed by atoms with E-state index in [1.54, 1.807) is 0 Å². The quantitative estimate of drug-likeness (QED) is 0.557. The smallest absolute Gasteiger partial charge is 0.330 e. The molecule has 0 aromatic carbocycles. The van der Waals surface area contributed by atoms with E-state index >= 15 is 0 Å². The van der Waals surface area contributed by atoms with Crippen molar-refractivity contribution in [3.05, 3.63) is 0 Å². The highest BCUT2D eigenvalue weighted by Gasteiger charge is 2.37. The van der Waals surface area contributed by atoms with Crippen molar-refractivity contribution in [1.29, 1.82) is 0 Å². The van der Waals surface area contributed by atoms with Crippen LogP contribution in [0.1, 0.15) is 32.6 Å². The standard InChI is InChI=1S/C7H13NO2/c1-7(6(9)10-8)4-2-3-5-7/h2-5,8H2,1H3. The lowest BCUT2D eigenvalue weighted by atomic mass is 9.89. The second-order valence-corrected chi connectivity index (χ2v) is 3.17. The lowest BCUT2D eigenvalue weighted by Gasteiger charge is -2.18. The van der Waals surface area contributed by atoms with E-state index < -0.39 is 0 Å². The van der Waals surface area contributed by atoms with Gasteiger partial charge in [0.1, 0.15) is 0 Å². The summed E-state index contributed by atoms with van der Waals surface area (Å²) < 4.78 is 0. The van der Waals surface area contributed by atoms with Gasteiger partial charge in [-0.2, -0.15) is 5.90 Å². The molecule has 0 saturated heterocycles. The summed E-state index contributed by atoms with van der Waals surface area (Å²) >= 11 is 0. The van der Waals surface area contributed by atoms with E-state index in [0.717, 1.165) is 25.7 Å². The number of carbonyl (C=O) groups is 1. The lowest BCUT2D eigenvalue weighted by molar-refractivity contribution is -0.155. The normalized spacial score (nSPS) is 22.6. The van der Waals surface area contributed by atoms with Crippen LogP contribution in [-0.4, -0.2) is 5.97 Å². The van der Waals surface area contributed by atoms with Gasteiger partial charge in [0.2, 0.25) is 0 Å². The summed E-state index contributed by atoms with van der Waals surface area (Å²) in [5.74, 6) is 4.53. The maximum atomic E-state index is 11.0. The predicted molar refractivity (Wildman–Crippen MR) is 36.9 cm³/mol. The van der Waals surface area contributed by atoms with Crippen LogP contribution < -0.4 is 5.90 Å². The Labute approximate surface area is 60.5 Å². The zero-order valence-electron chi connectivity index (χ0n) is 6.22. The largest absolute Gasteiger partial charge is 0.373 e. The first-order valence-corrected chi connectivity index (χ1v) is 3.60. The molecule has 3 heteroatoms. The van der Waals surface area contributed by atoms with Crippen LogP contribution in [0.5, 0.6) is 0 Å². The third kappa shape index (κ3) is 1.14. The van der Waals surface area contributed by atoms with Crippen LogP contribution in [0.15, 0.2) is 0 Å². The van der Waals surface area contributed by atoms with Crippen molar-refractivity contribution in [1.82, 2.24) is 0 Å². The van der Waals surface area contributed by atoms with Gasteiger partial charge in [-0.1, -0.05) is 12.8 Å². The molecule has 0 bridgehead atoms. The minimum atomic E-state index is -0.283. The SMILES string of the molecule is CC1(C(=O)ON)CCCC1. The van der Waals surface area contributed by atoms with Crippen molar-refractivity contribution in [2.24, 2.45) is 11.3 Å². The highest BCUT2D eigenvalue weighted by molar-refractivity contribution is 5.76. The summed E-state index contributed by atoms with van der Waals surface area (Å²) in [7, 11) is 0. The Morgan fingerprint density at radius 2 is 2.00 bits per heavy atom. The Morgan fingerprint density at radius 3 is 2.40 bits per heavy atom. The molecule has 0 spiro atoms. The average molecular weight is 143 g/mol. The number of nitrogens with two attached hydrogens (primary N) is 1. The molecule has 3 nitrogen and oxygen atoms in total. The predicted octanol–water partition coefficient (Wildman–Crippen LogP) is 0.984. The molecule has 0 radical (unpaired) electrons. The van der Waals surface area contributed by atoms with Crippen LogP contribution in [0, 0.1) is 5.41 Å². The molecule has 10 heavy (non-hydrogen) atoms. The Morgan fingerprint density at radius 1 is 1.50 bits per heavy atom. The molecule has 58 valence electrons. The molecule has 0 atom stereocenters. The fourth-order valence-electron chi connectivity index (χ4n) is 1.50. The van der Waals surface area contributed by atoms with Crippen molar-refractivity contribution in [2.45, 2.75) is 32.6 Å². The van der Waals surface area contributed by atoms with Gasteiger partial charge in [-0.05, 0) is 19.8 Å². The first-order chi connectivity index (χ1) is 4.69. The van der Waals surface area contributed by atoms with Gasteiger partial charge in [0.05, 0.1) is 5.41 Å². The van der Waals surface area contributed by atoms with Gasteiger partial charge in [0.15, 0.2) is 0 Å². The van der Waals surface area contributed by atoms with E-state index in [1.165, 1.54) is 0 Å². The van der Waals surface area contributed by atoms with Crippen LogP contribution in [0.4, 0.5) is 0 Å². The van der Waals surface area contributed by atoms with Gasteiger partial charge in [-0.3, -0.25) is 0 Å². The number of hydrogen-bond acceptors (Lipinski definition) is 3. The van der Waals surface area contributed by atoms with Crippen LogP contribution in [0.25, 0.3) is 0 Å². The second kappa shape index (κ2) is 2.58. The van der Waals surface area contributed by atoms with Crippen LogP contribution >= 0.6 is 0 Å². The van der Waals surface area contributed by atoms with Crippen molar-refractivity contribution in [3.8, 4) is 0 Å². The Hall–Kier alpha value is -0.570. The molecule has 0 aromatic heterocycles. The number of rotatable bonds is 1. The van der Waals surface area contributed by atoms with Gasteiger partial charge in [-0.25, -0.2) is 4.79 Å². The minimum Gasteiger partial charge on any atom is -0.373 e. The Bertz CT molecular complexity index is 139. The van der Waals surface area contributed by atoms with Crippen LogP contribution in [0.2, 0.25) is 0 Å². The van der Waals surface area contributed by atoms with E-state index in [4.69, 9.17) is 5.90 Å². The van der Waals surface area contributed by atoms with Crippen LogP contribution in [-0.2, 0) is 9.63 Å². The molecule has 1 aliphatic rings. The fourth-order valence-corrected chi connectivity index (χ4v) is 1.50. The lowest BCUT2D eigenvalue weighted by Crippen LogP contribution is -2.28. The van der Waals surface area contributed by atoms with E-state index in [0.29, 0.717) is 0 Å². The van der Waals surface area contributed by atoms with E-state index in [-0.39, 0.29) is 11.4 Å². The molecule has 1 rings (SSSR count). The van der Waals surface area contributed by atoms with Gasteiger partial charge < -0.3 is 4.84 Å². The summed E-state index contributed by atoms with van der Waals surface area (Å²) in [5.41, 5.74) is -0.283. The second-order valence-electron chi connectivity index (χ2n) is 3.17. The Balaban J connectivity index is 2.58. The molecule has 1 saturated carbocycles. The van der Waals surface area contributed by atoms with Crippen molar-refractivity contribution < 1.29 is 9.63 Å². The molecular weight excluding hydrogens is 130 g/mol. The minimum absolute atomic E-state index is 0.259. The molecule has 0 aliphatic heterocycles. The molecule has 0 aromatic rings. The molecular formula is C7H13NO2. The van der Waals surface area contributed by atoms with Gasteiger partial charge >= 0.3 is 5.97 Å². The molecule has 1 fully saturated rings. The first-order valence-electron chi connectivity index (χ1n) is 3.60. The summed E-state index contributed by atoms with van der Waals surface area (Å²) in [6, 6.07) is 0. The number of hydrogen-bond donors (Lipinski definition) is 1. The molecule has 2 N–H and O–H groups in total. The zero-order valence-corrected chi connectivity index (χ0v) is 6.22.